The monoisotopic (exact) mass is 899 g/mol. The van der Waals surface area contributed by atoms with Gasteiger partial charge in [-0.25, -0.2) is 4.79 Å². The van der Waals surface area contributed by atoms with Crippen molar-refractivity contribution in [3.05, 3.63) is 65.7 Å². The molecular formula is C42H61N9O13. The van der Waals surface area contributed by atoms with Gasteiger partial charge in [-0.05, 0) is 47.9 Å². The molecule has 0 radical (unpaired) electrons. The number of aliphatic hydroxyl groups is 2. The minimum atomic E-state index is -1.71. The van der Waals surface area contributed by atoms with E-state index in [4.69, 9.17) is 5.73 Å². The molecule has 14 N–H and O–H groups in total. The molecule has 22 heteroatoms. The van der Waals surface area contributed by atoms with Crippen molar-refractivity contribution in [3.8, 4) is 5.75 Å². The van der Waals surface area contributed by atoms with E-state index in [0.717, 1.165) is 0 Å². The second-order valence-electron chi connectivity index (χ2n) is 15.7. The van der Waals surface area contributed by atoms with Gasteiger partial charge in [0.25, 0.3) is 0 Å². The number of phenols is 1. The molecule has 2 aromatic rings. The van der Waals surface area contributed by atoms with Crippen molar-refractivity contribution in [2.45, 2.75) is 89.6 Å². The summed E-state index contributed by atoms with van der Waals surface area (Å²) in [6.07, 6.45) is -0.191. The summed E-state index contributed by atoms with van der Waals surface area (Å²) in [4.78, 5) is 116. The molecule has 0 spiro atoms. The van der Waals surface area contributed by atoms with Crippen molar-refractivity contribution in [2.24, 2.45) is 17.6 Å². The Bertz CT molecular complexity index is 1900. The summed E-state index contributed by atoms with van der Waals surface area (Å²) in [5.74, 6) is -8.62. The molecule has 0 heterocycles. The van der Waals surface area contributed by atoms with Gasteiger partial charge in [-0.1, -0.05) is 70.2 Å². The van der Waals surface area contributed by atoms with Gasteiger partial charge in [0.15, 0.2) is 0 Å². The number of nitrogens with one attached hydrogen (secondary N) is 8. The topological polar surface area (TPSA) is 357 Å². The van der Waals surface area contributed by atoms with Gasteiger partial charge in [0.2, 0.25) is 47.3 Å². The van der Waals surface area contributed by atoms with Gasteiger partial charge >= 0.3 is 5.97 Å². The third-order valence-corrected chi connectivity index (χ3v) is 9.31. The van der Waals surface area contributed by atoms with Gasteiger partial charge in [-0.2, -0.15) is 0 Å². The van der Waals surface area contributed by atoms with Gasteiger partial charge < -0.3 is 68.7 Å². The molecule has 352 valence electrons. The first-order valence-corrected chi connectivity index (χ1v) is 20.6. The number of benzene rings is 2. The van der Waals surface area contributed by atoms with Crippen LogP contribution in [0.2, 0.25) is 0 Å². The maximum absolute atomic E-state index is 14.0. The maximum Gasteiger partial charge on any atom is 0.326 e. The summed E-state index contributed by atoms with van der Waals surface area (Å²) in [7, 11) is 0. The minimum absolute atomic E-state index is 0.00998. The molecule has 0 saturated heterocycles. The van der Waals surface area contributed by atoms with Crippen LogP contribution in [-0.4, -0.2) is 143 Å². The van der Waals surface area contributed by atoms with Crippen molar-refractivity contribution < 1.29 is 63.6 Å². The zero-order valence-electron chi connectivity index (χ0n) is 36.2. The lowest BCUT2D eigenvalue weighted by atomic mass is 10.0. The predicted molar refractivity (Wildman–Crippen MR) is 229 cm³/mol. The van der Waals surface area contributed by atoms with E-state index in [2.05, 4.69) is 42.5 Å². The second kappa shape index (κ2) is 27.4. The number of carboxylic acids is 1. The predicted octanol–water partition coefficient (Wildman–Crippen LogP) is -3.56. The Morgan fingerprint density at radius 1 is 0.500 bits per heavy atom. The highest BCUT2D eigenvalue weighted by Gasteiger charge is 2.33. The van der Waals surface area contributed by atoms with Crippen LogP contribution in [0.5, 0.6) is 5.75 Å². The third-order valence-electron chi connectivity index (χ3n) is 9.31. The number of carbonyl (C=O) groups is 9. The molecule has 0 fully saturated rings. The highest BCUT2D eigenvalue weighted by Crippen LogP contribution is 2.13. The molecule has 0 unspecified atom stereocenters. The van der Waals surface area contributed by atoms with Gasteiger partial charge in [-0.15, -0.1) is 0 Å². The Morgan fingerprint density at radius 3 is 1.41 bits per heavy atom. The average molecular weight is 900 g/mol. The fourth-order valence-electron chi connectivity index (χ4n) is 6.04. The number of carbonyl (C=O) groups excluding carboxylic acids is 8. The summed E-state index contributed by atoms with van der Waals surface area (Å²) < 4.78 is 0. The third kappa shape index (κ3) is 19.6. The molecule has 0 saturated carbocycles. The number of carboxylic acid groups (broad SMARTS) is 1. The Morgan fingerprint density at radius 2 is 0.906 bits per heavy atom. The first-order valence-electron chi connectivity index (χ1n) is 20.6. The Labute approximate surface area is 370 Å². The van der Waals surface area contributed by atoms with Crippen LogP contribution < -0.4 is 48.3 Å². The van der Waals surface area contributed by atoms with E-state index in [1.54, 1.807) is 58.0 Å². The summed E-state index contributed by atoms with van der Waals surface area (Å²) in [5.41, 5.74) is 6.23. The largest absolute Gasteiger partial charge is 0.508 e. The molecule has 0 bridgehead atoms. The first-order chi connectivity index (χ1) is 30.3. The van der Waals surface area contributed by atoms with E-state index in [1.807, 2.05) is 0 Å². The van der Waals surface area contributed by atoms with E-state index >= 15 is 0 Å². The average Bonchev–Trinajstić information content (AvgIpc) is 3.25. The van der Waals surface area contributed by atoms with Crippen LogP contribution in [0.1, 0.15) is 51.7 Å². The molecule has 6 atom stereocenters. The fourth-order valence-corrected chi connectivity index (χ4v) is 6.04. The van der Waals surface area contributed by atoms with E-state index < -0.39 is 122 Å². The zero-order valence-corrected chi connectivity index (χ0v) is 36.2. The molecule has 0 aliphatic rings. The van der Waals surface area contributed by atoms with E-state index in [0.29, 0.717) is 11.1 Å². The molecule has 0 aliphatic carbocycles. The van der Waals surface area contributed by atoms with Crippen LogP contribution in [0.25, 0.3) is 0 Å². The Balaban J connectivity index is 2.32. The molecule has 22 nitrogen and oxygen atoms in total. The van der Waals surface area contributed by atoms with Crippen molar-refractivity contribution in [2.75, 3.05) is 32.8 Å². The number of phenolic OH excluding ortho intramolecular Hbond substituents is 1. The molecule has 2 rings (SSSR count). The van der Waals surface area contributed by atoms with Gasteiger partial charge in [0, 0.05) is 12.8 Å². The number of rotatable bonds is 27. The highest BCUT2D eigenvalue weighted by atomic mass is 16.4. The Hall–Kier alpha value is -6.65. The molecule has 64 heavy (non-hydrogen) atoms. The first kappa shape index (κ1) is 53.5. The number of aromatic hydroxyl groups is 1. The van der Waals surface area contributed by atoms with E-state index in [1.165, 1.54) is 24.3 Å². The zero-order chi connectivity index (χ0) is 47.9. The maximum atomic E-state index is 14.0. The lowest BCUT2D eigenvalue weighted by Gasteiger charge is -2.27. The molecule has 8 amide bonds. The summed E-state index contributed by atoms with van der Waals surface area (Å²) >= 11 is 0. The molecule has 2 aromatic carbocycles. The smallest absolute Gasteiger partial charge is 0.326 e. The van der Waals surface area contributed by atoms with Gasteiger partial charge in [0.1, 0.15) is 42.0 Å². The van der Waals surface area contributed by atoms with Crippen LogP contribution in [0.15, 0.2) is 54.6 Å². The molecule has 0 aromatic heterocycles. The van der Waals surface area contributed by atoms with Crippen LogP contribution in [0, 0.1) is 11.8 Å². The van der Waals surface area contributed by atoms with Gasteiger partial charge in [-0.3, -0.25) is 38.4 Å². The second-order valence-corrected chi connectivity index (χ2v) is 15.7. The number of nitrogens with two attached hydrogens (primary N) is 1. The Kier molecular flexibility index (Phi) is 22.9. The SMILES string of the molecule is CC(C)C[C@H](NC(=O)CNC(=O)[C@H](Cc1ccccc1)NC(=O)[C@H](CO)NC(=O)[C@H](Cc1ccc(O)cc1)NC(=O)[C@H](CC(C)C)NC(=O)[C@H](CO)NC(=O)CNC(=O)CN)C(=O)O. The molecular weight excluding hydrogens is 839 g/mol. The van der Waals surface area contributed by atoms with Gasteiger partial charge in [0.05, 0.1) is 32.8 Å². The summed E-state index contributed by atoms with van der Waals surface area (Å²) in [5, 5.41) is 58.6. The molecule has 0 aliphatic heterocycles. The van der Waals surface area contributed by atoms with Crippen molar-refractivity contribution >= 4 is 53.2 Å². The van der Waals surface area contributed by atoms with Crippen LogP contribution in [0.3, 0.4) is 0 Å². The standard InChI is InChI=1S/C42H61N9O13/c1-23(2)14-28(48-40(61)32(21-52)47-35(56)19-44-34(55)18-43)38(59)50-30(17-26-10-12-27(54)13-11-26)39(60)51-33(22-53)41(62)49-29(16-25-8-6-5-7-9-25)37(58)45-20-36(57)46-31(42(63)64)15-24(3)4/h5-13,23-24,28-33,52-54H,14-22,43H2,1-4H3,(H,44,55)(H,45,58)(H,46,57)(H,47,56)(H,48,61)(H,49,62)(H,50,59)(H,51,60)(H,63,64)/t28-,29-,30-,31-,32-,33-/m0/s1. The normalized spacial score (nSPS) is 13.8. The lowest BCUT2D eigenvalue weighted by Crippen LogP contribution is -2.61. The quantitative estimate of drug-likeness (QED) is 0.0413. The lowest BCUT2D eigenvalue weighted by molar-refractivity contribution is -0.142. The number of aliphatic hydroxyl groups excluding tert-OH is 2. The number of amides is 8. The van der Waals surface area contributed by atoms with E-state index in [-0.39, 0.29) is 43.3 Å². The van der Waals surface area contributed by atoms with E-state index in [9.17, 15) is 63.6 Å². The fraction of sp³-hybridized carbons (Fsp3) is 0.500. The van der Waals surface area contributed by atoms with Crippen molar-refractivity contribution in [3.63, 3.8) is 0 Å². The minimum Gasteiger partial charge on any atom is -0.508 e. The van der Waals surface area contributed by atoms with Crippen LogP contribution >= 0.6 is 0 Å². The number of hydrogen-bond donors (Lipinski definition) is 13. The summed E-state index contributed by atoms with van der Waals surface area (Å²) in [6, 6.07) is 5.39. The van der Waals surface area contributed by atoms with Crippen LogP contribution in [-0.2, 0) is 56.0 Å². The highest BCUT2D eigenvalue weighted by molar-refractivity contribution is 5.97. The number of hydrogen-bond acceptors (Lipinski definition) is 13. The van der Waals surface area contributed by atoms with Crippen LogP contribution in [0.4, 0.5) is 0 Å². The van der Waals surface area contributed by atoms with Crippen molar-refractivity contribution in [1.82, 2.24) is 42.5 Å². The number of aliphatic carboxylic acids is 1. The summed E-state index contributed by atoms with van der Waals surface area (Å²) in [6.45, 7) is 3.59. The van der Waals surface area contributed by atoms with Crippen molar-refractivity contribution in [1.29, 1.82) is 0 Å².